The largest absolute Gasteiger partial charge is 0.506 e. The van der Waals surface area contributed by atoms with E-state index in [1.54, 1.807) is 12.1 Å². The van der Waals surface area contributed by atoms with Crippen LogP contribution in [-0.2, 0) is 5.54 Å². The van der Waals surface area contributed by atoms with Crippen LogP contribution in [0.4, 0.5) is 0 Å². The minimum Gasteiger partial charge on any atom is -0.506 e. The molecular formula is C12H16N4O. The molecule has 0 aliphatic carbocycles. The lowest BCUT2D eigenvalue weighted by atomic mass is 9.89. The molecule has 2 aromatic rings. The van der Waals surface area contributed by atoms with Gasteiger partial charge in [0.15, 0.2) is 0 Å². The number of hydrogen-bond acceptors (Lipinski definition) is 4. The van der Waals surface area contributed by atoms with Crippen LogP contribution in [0.2, 0.25) is 0 Å². The summed E-state index contributed by atoms with van der Waals surface area (Å²) in [6, 6.07) is 5.33. The zero-order valence-corrected chi connectivity index (χ0v) is 9.53. The predicted octanol–water partition coefficient (Wildman–Crippen LogP) is 0.806. The molecule has 0 unspecified atom stereocenters. The minimum absolute atomic E-state index is 0.197. The highest BCUT2D eigenvalue weighted by molar-refractivity contribution is 5.81. The SMILES string of the molecule is NC1(c2nc3c(O)cccc3[nH]2)CCNCC1. The molecule has 0 amide bonds. The second-order valence-corrected chi connectivity index (χ2v) is 4.66. The third kappa shape index (κ3) is 1.67. The number of rotatable bonds is 1. The molecule has 17 heavy (non-hydrogen) atoms. The molecule has 5 heteroatoms. The number of phenols is 1. The Kier molecular flexibility index (Phi) is 2.31. The van der Waals surface area contributed by atoms with Gasteiger partial charge in [-0.15, -0.1) is 0 Å². The van der Waals surface area contributed by atoms with Crippen molar-refractivity contribution in [3.8, 4) is 5.75 Å². The summed E-state index contributed by atoms with van der Waals surface area (Å²) in [5.41, 5.74) is 7.41. The zero-order valence-electron chi connectivity index (χ0n) is 9.53. The van der Waals surface area contributed by atoms with Crippen LogP contribution in [0.3, 0.4) is 0 Å². The molecule has 5 nitrogen and oxygen atoms in total. The molecule has 1 aromatic carbocycles. The number of phenolic OH excluding ortho intramolecular Hbond substituents is 1. The number of aromatic amines is 1. The number of hydrogen-bond donors (Lipinski definition) is 4. The van der Waals surface area contributed by atoms with Crippen LogP contribution >= 0.6 is 0 Å². The van der Waals surface area contributed by atoms with Gasteiger partial charge in [0.25, 0.3) is 0 Å². The fraction of sp³-hybridized carbons (Fsp3) is 0.417. The summed E-state index contributed by atoms with van der Waals surface area (Å²) < 4.78 is 0. The van der Waals surface area contributed by atoms with Gasteiger partial charge in [-0.3, -0.25) is 0 Å². The van der Waals surface area contributed by atoms with Gasteiger partial charge in [-0.2, -0.15) is 0 Å². The summed E-state index contributed by atoms with van der Waals surface area (Å²) >= 11 is 0. The lowest BCUT2D eigenvalue weighted by Crippen LogP contribution is -2.47. The lowest BCUT2D eigenvalue weighted by molar-refractivity contribution is 0.304. The highest BCUT2D eigenvalue weighted by Crippen LogP contribution is 2.29. The van der Waals surface area contributed by atoms with Crippen molar-refractivity contribution in [3.05, 3.63) is 24.0 Å². The summed E-state index contributed by atoms with van der Waals surface area (Å²) in [4.78, 5) is 7.67. The minimum atomic E-state index is -0.406. The number of nitrogens with one attached hydrogen (secondary N) is 2. The fourth-order valence-corrected chi connectivity index (χ4v) is 2.36. The molecule has 2 heterocycles. The molecule has 90 valence electrons. The molecule has 0 radical (unpaired) electrons. The van der Waals surface area contributed by atoms with E-state index in [1.807, 2.05) is 6.07 Å². The van der Waals surface area contributed by atoms with Crippen molar-refractivity contribution in [2.45, 2.75) is 18.4 Å². The molecule has 1 fully saturated rings. The Bertz CT molecular complexity index is 542. The molecule has 5 N–H and O–H groups in total. The highest BCUT2D eigenvalue weighted by Gasteiger charge is 2.32. The van der Waals surface area contributed by atoms with Crippen molar-refractivity contribution < 1.29 is 5.11 Å². The first-order valence-electron chi connectivity index (χ1n) is 5.87. The van der Waals surface area contributed by atoms with Gasteiger partial charge >= 0.3 is 0 Å². The summed E-state index contributed by atoms with van der Waals surface area (Å²) in [5.74, 6) is 0.970. The third-order valence-corrected chi connectivity index (χ3v) is 3.46. The van der Waals surface area contributed by atoms with E-state index in [1.165, 1.54) is 0 Å². The van der Waals surface area contributed by atoms with E-state index in [2.05, 4.69) is 15.3 Å². The average Bonchev–Trinajstić information content (AvgIpc) is 2.76. The number of nitrogens with zero attached hydrogens (tertiary/aromatic N) is 1. The number of aromatic hydroxyl groups is 1. The van der Waals surface area contributed by atoms with Gasteiger partial charge in [-0.25, -0.2) is 4.98 Å². The molecule has 1 aliphatic heterocycles. The molecule has 0 spiro atoms. The molecule has 1 aliphatic rings. The molecule has 0 atom stereocenters. The first-order chi connectivity index (χ1) is 8.19. The van der Waals surface area contributed by atoms with Crippen LogP contribution in [0.5, 0.6) is 5.75 Å². The fourth-order valence-electron chi connectivity index (χ4n) is 2.36. The number of aromatic nitrogens is 2. The number of H-pyrrole nitrogens is 1. The van der Waals surface area contributed by atoms with Gasteiger partial charge in [0.05, 0.1) is 11.1 Å². The van der Waals surface area contributed by atoms with Gasteiger partial charge in [0, 0.05) is 0 Å². The van der Waals surface area contributed by atoms with Gasteiger partial charge in [-0.1, -0.05) is 6.07 Å². The van der Waals surface area contributed by atoms with Gasteiger partial charge in [-0.05, 0) is 38.1 Å². The Morgan fingerprint density at radius 2 is 2.06 bits per heavy atom. The quantitative estimate of drug-likeness (QED) is 0.586. The van der Waals surface area contributed by atoms with Crippen LogP contribution in [0.1, 0.15) is 18.7 Å². The number of fused-ring (bicyclic) bond motifs is 1. The summed E-state index contributed by atoms with van der Waals surface area (Å²) in [6.45, 7) is 1.80. The van der Waals surface area contributed by atoms with E-state index >= 15 is 0 Å². The van der Waals surface area contributed by atoms with Crippen LogP contribution in [0.15, 0.2) is 18.2 Å². The summed E-state index contributed by atoms with van der Waals surface area (Å²) in [5, 5.41) is 13.0. The van der Waals surface area contributed by atoms with Gasteiger partial charge < -0.3 is 21.1 Å². The normalized spacial score (nSPS) is 19.6. The van der Waals surface area contributed by atoms with E-state index in [-0.39, 0.29) is 5.75 Å². The van der Waals surface area contributed by atoms with Crippen LogP contribution in [-0.4, -0.2) is 28.2 Å². The standard InChI is InChI=1S/C12H16N4O/c13-12(4-6-14-7-5-12)11-15-8-2-1-3-9(17)10(8)16-11/h1-3,14,17H,4-7,13H2,(H,15,16). The van der Waals surface area contributed by atoms with Crippen LogP contribution < -0.4 is 11.1 Å². The van der Waals surface area contributed by atoms with Gasteiger partial charge in [0.2, 0.25) is 0 Å². The number of benzene rings is 1. The van der Waals surface area contributed by atoms with Crippen molar-refractivity contribution in [2.24, 2.45) is 5.73 Å². The van der Waals surface area contributed by atoms with Crippen LogP contribution in [0, 0.1) is 0 Å². The monoisotopic (exact) mass is 232 g/mol. The molecule has 0 saturated carbocycles. The maximum absolute atomic E-state index is 9.73. The first-order valence-corrected chi connectivity index (χ1v) is 5.87. The van der Waals surface area contributed by atoms with Crippen molar-refractivity contribution in [1.29, 1.82) is 0 Å². The van der Waals surface area contributed by atoms with E-state index in [0.717, 1.165) is 37.3 Å². The zero-order chi connectivity index (χ0) is 11.9. The molecule has 1 aromatic heterocycles. The highest BCUT2D eigenvalue weighted by atomic mass is 16.3. The Morgan fingerprint density at radius 1 is 1.29 bits per heavy atom. The second-order valence-electron chi connectivity index (χ2n) is 4.66. The van der Waals surface area contributed by atoms with Gasteiger partial charge in [0.1, 0.15) is 17.1 Å². The first kappa shape index (κ1) is 10.6. The van der Waals surface area contributed by atoms with Crippen molar-refractivity contribution >= 4 is 11.0 Å². The predicted molar refractivity (Wildman–Crippen MR) is 65.7 cm³/mol. The lowest BCUT2D eigenvalue weighted by Gasteiger charge is -2.31. The smallest absolute Gasteiger partial charge is 0.143 e. The van der Waals surface area contributed by atoms with E-state index in [0.29, 0.717) is 5.52 Å². The Labute approximate surface area is 99.0 Å². The molecule has 1 saturated heterocycles. The number of imidazole rings is 1. The third-order valence-electron chi connectivity index (χ3n) is 3.46. The maximum Gasteiger partial charge on any atom is 0.143 e. The van der Waals surface area contributed by atoms with E-state index in [4.69, 9.17) is 5.73 Å². The van der Waals surface area contributed by atoms with Crippen molar-refractivity contribution in [1.82, 2.24) is 15.3 Å². The summed E-state index contributed by atoms with van der Waals surface area (Å²) in [7, 11) is 0. The van der Waals surface area contributed by atoms with Crippen LogP contribution in [0.25, 0.3) is 11.0 Å². The van der Waals surface area contributed by atoms with Crippen molar-refractivity contribution in [2.75, 3.05) is 13.1 Å². The summed E-state index contributed by atoms with van der Waals surface area (Å²) in [6.07, 6.45) is 1.71. The van der Waals surface area contributed by atoms with Crippen molar-refractivity contribution in [3.63, 3.8) is 0 Å². The number of nitrogens with two attached hydrogens (primary N) is 1. The maximum atomic E-state index is 9.73. The molecule has 3 rings (SSSR count). The Morgan fingerprint density at radius 3 is 2.76 bits per heavy atom. The second kappa shape index (κ2) is 3.72. The average molecular weight is 232 g/mol. The topological polar surface area (TPSA) is 87.0 Å². The molecule has 0 bridgehead atoms. The Hall–Kier alpha value is -1.59. The number of piperidine rings is 1. The van der Waals surface area contributed by atoms with E-state index < -0.39 is 5.54 Å². The Balaban J connectivity index is 2.08. The molecular weight excluding hydrogens is 216 g/mol. The van der Waals surface area contributed by atoms with E-state index in [9.17, 15) is 5.11 Å². The number of para-hydroxylation sites is 1.